The molecule has 0 aliphatic carbocycles. The quantitative estimate of drug-likeness (QED) is 0.211. The van der Waals surface area contributed by atoms with Crippen molar-refractivity contribution >= 4 is 5.91 Å². The number of aryl methyl sites for hydroxylation is 2. The Balaban J connectivity index is 1.55. The fourth-order valence-corrected chi connectivity index (χ4v) is 5.59. The Morgan fingerprint density at radius 1 is 1.02 bits per heavy atom. The Bertz CT molecular complexity index is 1590. The summed E-state index contributed by atoms with van der Waals surface area (Å²) in [6.45, 7) is 9.27. The van der Waals surface area contributed by atoms with Crippen LogP contribution in [0.4, 0.5) is 0 Å². The van der Waals surface area contributed by atoms with Gasteiger partial charge in [0, 0.05) is 17.7 Å². The van der Waals surface area contributed by atoms with Crippen LogP contribution in [0, 0.1) is 19.8 Å². The molecular formula is C34H39N3O5. The molecule has 2 heterocycles. The molecule has 220 valence electrons. The Labute approximate surface area is 247 Å². The average molecular weight is 570 g/mol. The lowest BCUT2D eigenvalue weighted by atomic mass is 9.94. The highest BCUT2D eigenvalue weighted by atomic mass is 16.5. The van der Waals surface area contributed by atoms with E-state index in [0.717, 1.165) is 40.0 Å². The summed E-state index contributed by atoms with van der Waals surface area (Å²) in [7, 11) is 3.22. The molecule has 42 heavy (non-hydrogen) atoms. The molecule has 1 aromatic heterocycles. The number of methoxy groups -OCH3 is 2. The van der Waals surface area contributed by atoms with E-state index in [0.29, 0.717) is 53.9 Å². The van der Waals surface area contributed by atoms with Gasteiger partial charge in [0.15, 0.2) is 11.5 Å². The Morgan fingerprint density at radius 2 is 1.81 bits per heavy atom. The number of phenolic OH excluding ortho intramolecular Hbond substituents is 1. The third kappa shape index (κ3) is 5.66. The fraction of sp³-hybridized carbons (Fsp3) is 0.353. The van der Waals surface area contributed by atoms with Crippen LogP contribution in [0.1, 0.15) is 64.6 Å². The van der Waals surface area contributed by atoms with Crippen LogP contribution in [0.25, 0.3) is 11.3 Å². The summed E-state index contributed by atoms with van der Waals surface area (Å²) in [5.74, 6) is 2.62. The van der Waals surface area contributed by atoms with Crippen LogP contribution in [0.15, 0.2) is 54.6 Å². The van der Waals surface area contributed by atoms with E-state index in [2.05, 4.69) is 24.0 Å². The van der Waals surface area contributed by atoms with Crippen molar-refractivity contribution in [2.24, 2.45) is 5.92 Å². The topological polar surface area (TPSA) is 96.9 Å². The summed E-state index contributed by atoms with van der Waals surface area (Å²) < 4.78 is 17.0. The maximum atomic E-state index is 13.9. The van der Waals surface area contributed by atoms with Crippen LogP contribution < -0.4 is 14.2 Å². The molecule has 0 fully saturated rings. The second kappa shape index (κ2) is 12.2. The van der Waals surface area contributed by atoms with E-state index in [-0.39, 0.29) is 11.7 Å². The number of rotatable bonds is 11. The molecule has 1 aliphatic heterocycles. The highest BCUT2D eigenvalue weighted by molar-refractivity contribution is 6.00. The van der Waals surface area contributed by atoms with Crippen molar-refractivity contribution in [2.75, 3.05) is 27.4 Å². The SMILES string of the molecule is COc1ccc(CCN2C(=O)c3[nH]nc(-c4cc(C)cc(C)c4O)c3C2c2cccc(OCCC(C)C)c2)cc1OC. The van der Waals surface area contributed by atoms with E-state index in [1.165, 1.54) is 0 Å². The zero-order valence-corrected chi connectivity index (χ0v) is 25.2. The number of aromatic hydroxyl groups is 1. The van der Waals surface area contributed by atoms with Gasteiger partial charge < -0.3 is 24.2 Å². The van der Waals surface area contributed by atoms with Gasteiger partial charge in [-0.05, 0) is 85.2 Å². The van der Waals surface area contributed by atoms with E-state index in [4.69, 9.17) is 14.2 Å². The maximum Gasteiger partial charge on any atom is 0.273 e. The molecule has 3 aromatic carbocycles. The molecule has 1 unspecified atom stereocenters. The van der Waals surface area contributed by atoms with Gasteiger partial charge in [-0.3, -0.25) is 9.89 Å². The van der Waals surface area contributed by atoms with Crippen LogP contribution in [0.3, 0.4) is 0 Å². The van der Waals surface area contributed by atoms with Crippen molar-refractivity contribution in [3.05, 3.63) is 88.1 Å². The maximum absolute atomic E-state index is 13.9. The lowest BCUT2D eigenvalue weighted by Crippen LogP contribution is -2.31. The van der Waals surface area contributed by atoms with Gasteiger partial charge in [0.25, 0.3) is 5.91 Å². The molecule has 0 bridgehead atoms. The summed E-state index contributed by atoms with van der Waals surface area (Å²) in [4.78, 5) is 15.8. The number of carbonyl (C=O) groups is 1. The Kier molecular flexibility index (Phi) is 8.43. The average Bonchev–Trinajstić information content (AvgIpc) is 3.52. The van der Waals surface area contributed by atoms with Crippen molar-refractivity contribution in [1.29, 1.82) is 0 Å². The summed E-state index contributed by atoms with van der Waals surface area (Å²) in [5.41, 5.74) is 6.08. The van der Waals surface area contributed by atoms with Crippen LogP contribution in [-0.2, 0) is 6.42 Å². The predicted molar refractivity (Wildman–Crippen MR) is 163 cm³/mol. The number of hydrogen-bond donors (Lipinski definition) is 2. The van der Waals surface area contributed by atoms with Crippen LogP contribution in [0.2, 0.25) is 0 Å². The number of aromatic nitrogens is 2. The number of H-pyrrole nitrogens is 1. The number of nitrogens with zero attached hydrogens (tertiary/aromatic N) is 2. The lowest BCUT2D eigenvalue weighted by molar-refractivity contribution is 0.0745. The molecule has 1 atom stereocenters. The van der Waals surface area contributed by atoms with Gasteiger partial charge >= 0.3 is 0 Å². The summed E-state index contributed by atoms with van der Waals surface area (Å²) in [6, 6.07) is 17.2. The van der Waals surface area contributed by atoms with Gasteiger partial charge in [-0.25, -0.2) is 0 Å². The van der Waals surface area contributed by atoms with E-state index in [9.17, 15) is 9.90 Å². The van der Waals surface area contributed by atoms with Crippen LogP contribution >= 0.6 is 0 Å². The highest BCUT2D eigenvalue weighted by Crippen LogP contribution is 2.46. The van der Waals surface area contributed by atoms with E-state index >= 15 is 0 Å². The minimum atomic E-state index is -0.421. The van der Waals surface area contributed by atoms with Crippen molar-refractivity contribution < 1.29 is 24.1 Å². The van der Waals surface area contributed by atoms with Crippen molar-refractivity contribution in [3.63, 3.8) is 0 Å². The molecule has 0 spiro atoms. The lowest BCUT2D eigenvalue weighted by Gasteiger charge is -2.27. The molecular weight excluding hydrogens is 530 g/mol. The first-order valence-corrected chi connectivity index (χ1v) is 14.3. The zero-order chi connectivity index (χ0) is 30.0. The summed E-state index contributed by atoms with van der Waals surface area (Å²) >= 11 is 0. The molecule has 2 N–H and O–H groups in total. The summed E-state index contributed by atoms with van der Waals surface area (Å²) in [6.07, 6.45) is 1.56. The minimum Gasteiger partial charge on any atom is -0.507 e. The first-order chi connectivity index (χ1) is 20.2. The van der Waals surface area contributed by atoms with Gasteiger partial charge in [0.05, 0.1) is 26.9 Å². The highest BCUT2D eigenvalue weighted by Gasteiger charge is 2.42. The summed E-state index contributed by atoms with van der Waals surface area (Å²) in [5, 5.41) is 18.6. The van der Waals surface area contributed by atoms with Gasteiger partial charge in [-0.1, -0.05) is 38.1 Å². The largest absolute Gasteiger partial charge is 0.507 e. The normalized spacial score (nSPS) is 14.4. The number of carbonyl (C=O) groups excluding carboxylic acids is 1. The number of aromatic amines is 1. The zero-order valence-electron chi connectivity index (χ0n) is 25.2. The molecule has 5 rings (SSSR count). The predicted octanol–water partition coefficient (Wildman–Crippen LogP) is 6.63. The van der Waals surface area contributed by atoms with Crippen molar-refractivity contribution in [1.82, 2.24) is 15.1 Å². The molecule has 0 saturated heterocycles. The third-order valence-electron chi connectivity index (χ3n) is 7.79. The monoisotopic (exact) mass is 569 g/mol. The molecule has 0 saturated carbocycles. The van der Waals surface area contributed by atoms with Gasteiger partial charge in [0.1, 0.15) is 22.9 Å². The number of amides is 1. The third-order valence-corrected chi connectivity index (χ3v) is 7.79. The molecule has 0 radical (unpaired) electrons. The molecule has 8 heteroatoms. The van der Waals surface area contributed by atoms with Gasteiger partial charge in [-0.15, -0.1) is 0 Å². The van der Waals surface area contributed by atoms with E-state index in [1.54, 1.807) is 14.2 Å². The first kappa shape index (κ1) is 29.0. The Morgan fingerprint density at radius 3 is 2.55 bits per heavy atom. The number of hydrogen-bond acceptors (Lipinski definition) is 6. The Hall–Kier alpha value is -4.46. The second-order valence-electron chi connectivity index (χ2n) is 11.3. The minimum absolute atomic E-state index is 0.135. The number of ether oxygens (including phenoxy) is 3. The van der Waals surface area contributed by atoms with Crippen molar-refractivity contribution in [2.45, 2.75) is 46.6 Å². The van der Waals surface area contributed by atoms with Gasteiger partial charge in [0.2, 0.25) is 0 Å². The number of benzene rings is 3. The fourth-order valence-electron chi connectivity index (χ4n) is 5.59. The van der Waals surface area contributed by atoms with Crippen LogP contribution in [0.5, 0.6) is 23.0 Å². The van der Waals surface area contributed by atoms with Crippen molar-refractivity contribution in [3.8, 4) is 34.3 Å². The van der Waals surface area contributed by atoms with E-state index in [1.807, 2.05) is 73.3 Å². The molecule has 1 amide bonds. The van der Waals surface area contributed by atoms with Gasteiger partial charge in [-0.2, -0.15) is 5.10 Å². The molecule has 1 aliphatic rings. The number of nitrogens with one attached hydrogen (secondary N) is 1. The standard InChI is InChI=1S/C34H39N3O5/c1-20(2)13-15-42-25-9-7-8-24(19-25)32-29-30(26-17-21(3)16-22(4)33(26)38)35-36-31(29)34(39)37(32)14-12-23-10-11-27(40-5)28(18-23)41-6/h7-11,16-20,32,38H,12-15H2,1-6H3,(H,35,36). The van der Waals surface area contributed by atoms with Crippen LogP contribution in [-0.4, -0.2) is 53.5 Å². The molecule has 8 nitrogen and oxygen atoms in total. The number of phenols is 1. The number of fused-ring (bicyclic) bond motifs is 1. The smallest absolute Gasteiger partial charge is 0.273 e. The second-order valence-corrected chi connectivity index (χ2v) is 11.3. The molecule has 4 aromatic rings. The first-order valence-electron chi connectivity index (χ1n) is 14.3. The van der Waals surface area contributed by atoms with E-state index < -0.39 is 6.04 Å².